The third-order valence-electron chi connectivity index (χ3n) is 3.03. The van der Waals surface area contributed by atoms with Gasteiger partial charge in [-0.05, 0) is 30.4 Å². The average Bonchev–Trinajstić information content (AvgIpc) is 2.17. The van der Waals surface area contributed by atoms with Crippen molar-refractivity contribution in [2.45, 2.75) is 19.8 Å². The van der Waals surface area contributed by atoms with Gasteiger partial charge >= 0.3 is 0 Å². The van der Waals surface area contributed by atoms with E-state index in [4.69, 9.17) is 0 Å². The maximum Gasteiger partial charge on any atom is 0.0526 e. The van der Waals surface area contributed by atoms with E-state index in [0.717, 1.165) is 24.1 Å². The van der Waals surface area contributed by atoms with Gasteiger partial charge in [0.2, 0.25) is 0 Å². The first kappa shape index (κ1) is 8.54. The highest BCUT2D eigenvalue weighted by molar-refractivity contribution is 5.39. The molecule has 0 amide bonds. The Balaban J connectivity index is 1.80. The molecule has 1 aliphatic carbocycles. The zero-order valence-corrected chi connectivity index (χ0v) is 8.03. The summed E-state index contributed by atoms with van der Waals surface area (Å²) in [6.07, 6.45) is 6.47. The molecule has 2 nitrogen and oxygen atoms in total. The first-order chi connectivity index (χ1) is 6.36. The lowest BCUT2D eigenvalue weighted by atomic mass is 9.75. The van der Waals surface area contributed by atoms with E-state index in [2.05, 4.69) is 23.3 Å². The van der Waals surface area contributed by atoms with Crippen molar-refractivity contribution in [1.82, 2.24) is 4.98 Å². The second-order valence-electron chi connectivity index (χ2n) is 3.94. The highest BCUT2D eigenvalue weighted by Crippen LogP contribution is 2.33. The molecular formula is C11H16N2. The molecule has 13 heavy (non-hydrogen) atoms. The summed E-state index contributed by atoms with van der Waals surface area (Å²) in [5.74, 6) is 1.78. The lowest BCUT2D eigenvalue weighted by Gasteiger charge is -2.34. The molecule has 1 N–H and O–H groups in total. The Morgan fingerprint density at radius 1 is 1.54 bits per heavy atom. The zero-order chi connectivity index (χ0) is 9.10. The van der Waals surface area contributed by atoms with Gasteiger partial charge in [0, 0.05) is 18.9 Å². The van der Waals surface area contributed by atoms with Crippen LogP contribution in [0.1, 0.15) is 19.8 Å². The minimum atomic E-state index is 0.875. The number of hydrogen-bond donors (Lipinski definition) is 1. The van der Waals surface area contributed by atoms with Crippen LogP contribution in [0.3, 0.4) is 0 Å². The Bertz CT molecular complexity index is 258. The predicted molar refractivity (Wildman–Crippen MR) is 54.6 cm³/mol. The van der Waals surface area contributed by atoms with Gasteiger partial charge in [0.05, 0.1) is 5.69 Å². The summed E-state index contributed by atoms with van der Waals surface area (Å²) in [5.41, 5.74) is 1.14. The smallest absolute Gasteiger partial charge is 0.0526 e. The van der Waals surface area contributed by atoms with E-state index in [0.29, 0.717) is 0 Å². The highest BCUT2D eigenvalue weighted by atomic mass is 14.9. The third-order valence-corrected chi connectivity index (χ3v) is 3.03. The molecule has 0 bridgehead atoms. The maximum atomic E-state index is 4.06. The van der Waals surface area contributed by atoms with E-state index in [1.165, 1.54) is 12.8 Å². The monoisotopic (exact) mass is 176 g/mol. The second kappa shape index (κ2) is 3.77. The van der Waals surface area contributed by atoms with E-state index in [1.807, 2.05) is 12.3 Å². The van der Waals surface area contributed by atoms with Crippen molar-refractivity contribution in [2.24, 2.45) is 11.8 Å². The molecule has 1 aromatic heterocycles. The van der Waals surface area contributed by atoms with Crippen LogP contribution in [0.2, 0.25) is 0 Å². The number of nitrogens with one attached hydrogen (secondary N) is 1. The molecule has 1 heterocycles. The summed E-state index contributed by atoms with van der Waals surface area (Å²) in [6.45, 7) is 3.44. The van der Waals surface area contributed by atoms with Gasteiger partial charge in [-0.3, -0.25) is 4.98 Å². The Kier molecular flexibility index (Phi) is 2.48. The molecule has 0 unspecified atom stereocenters. The Morgan fingerprint density at radius 2 is 2.46 bits per heavy atom. The molecule has 0 aliphatic heterocycles. The zero-order valence-electron chi connectivity index (χ0n) is 8.03. The summed E-state index contributed by atoms with van der Waals surface area (Å²) in [4.78, 5) is 4.06. The normalized spacial score (nSPS) is 26.5. The van der Waals surface area contributed by atoms with Crippen molar-refractivity contribution < 1.29 is 0 Å². The molecule has 0 aromatic carbocycles. The fourth-order valence-corrected chi connectivity index (χ4v) is 1.76. The van der Waals surface area contributed by atoms with Crippen LogP contribution in [0.25, 0.3) is 0 Å². The summed E-state index contributed by atoms with van der Waals surface area (Å²) in [6, 6.07) is 4.03. The number of hydrogen-bond acceptors (Lipinski definition) is 2. The van der Waals surface area contributed by atoms with Crippen LogP contribution in [-0.2, 0) is 0 Å². The van der Waals surface area contributed by atoms with Crippen LogP contribution in [-0.4, -0.2) is 11.5 Å². The highest BCUT2D eigenvalue weighted by Gasteiger charge is 2.25. The largest absolute Gasteiger partial charge is 0.384 e. The van der Waals surface area contributed by atoms with Gasteiger partial charge in [0.25, 0.3) is 0 Å². The number of nitrogens with zero attached hydrogens (tertiary/aromatic N) is 1. The van der Waals surface area contributed by atoms with Crippen LogP contribution >= 0.6 is 0 Å². The van der Waals surface area contributed by atoms with E-state index in [-0.39, 0.29) is 0 Å². The first-order valence-corrected chi connectivity index (χ1v) is 5.00. The van der Waals surface area contributed by atoms with Crippen molar-refractivity contribution in [3.8, 4) is 0 Å². The SMILES string of the molecule is C[C@H]1CC[C@@H]1CNc1cccnc1. The van der Waals surface area contributed by atoms with Crippen LogP contribution in [0.5, 0.6) is 0 Å². The van der Waals surface area contributed by atoms with Crippen molar-refractivity contribution in [2.75, 3.05) is 11.9 Å². The number of rotatable bonds is 3. The Morgan fingerprint density at radius 3 is 3.00 bits per heavy atom. The molecule has 1 saturated carbocycles. The predicted octanol–water partition coefficient (Wildman–Crippen LogP) is 2.54. The fraction of sp³-hybridized carbons (Fsp3) is 0.545. The first-order valence-electron chi connectivity index (χ1n) is 5.00. The van der Waals surface area contributed by atoms with Gasteiger partial charge in [0.1, 0.15) is 0 Å². The number of pyridine rings is 1. The average molecular weight is 176 g/mol. The summed E-state index contributed by atoms with van der Waals surface area (Å²) < 4.78 is 0. The van der Waals surface area contributed by atoms with E-state index in [9.17, 15) is 0 Å². The van der Waals surface area contributed by atoms with Crippen LogP contribution < -0.4 is 5.32 Å². The number of anilines is 1. The minimum absolute atomic E-state index is 0.875. The summed E-state index contributed by atoms with van der Waals surface area (Å²) in [5, 5.41) is 3.41. The van der Waals surface area contributed by atoms with E-state index < -0.39 is 0 Å². The second-order valence-corrected chi connectivity index (χ2v) is 3.94. The lowest BCUT2D eigenvalue weighted by molar-refractivity contribution is 0.210. The molecule has 0 spiro atoms. The molecule has 1 aliphatic rings. The summed E-state index contributed by atoms with van der Waals surface area (Å²) in [7, 11) is 0. The molecule has 0 radical (unpaired) electrons. The lowest BCUT2D eigenvalue weighted by Crippen LogP contribution is -2.29. The van der Waals surface area contributed by atoms with Crippen molar-refractivity contribution in [3.63, 3.8) is 0 Å². The summed E-state index contributed by atoms with van der Waals surface area (Å²) >= 11 is 0. The Labute approximate surface area is 79.4 Å². The Hall–Kier alpha value is -1.05. The van der Waals surface area contributed by atoms with Crippen molar-refractivity contribution in [3.05, 3.63) is 24.5 Å². The van der Waals surface area contributed by atoms with Crippen LogP contribution in [0, 0.1) is 11.8 Å². The van der Waals surface area contributed by atoms with Gasteiger partial charge in [0.15, 0.2) is 0 Å². The molecule has 0 saturated heterocycles. The number of aromatic nitrogens is 1. The quantitative estimate of drug-likeness (QED) is 0.765. The molecule has 2 atom stereocenters. The molecular weight excluding hydrogens is 160 g/mol. The molecule has 1 fully saturated rings. The van der Waals surface area contributed by atoms with Gasteiger partial charge in [-0.2, -0.15) is 0 Å². The topological polar surface area (TPSA) is 24.9 Å². The van der Waals surface area contributed by atoms with E-state index in [1.54, 1.807) is 6.20 Å². The minimum Gasteiger partial charge on any atom is -0.384 e. The standard InChI is InChI=1S/C11H16N2/c1-9-4-5-10(9)7-13-11-3-2-6-12-8-11/h2-3,6,8-10,13H,4-5,7H2,1H3/t9-,10+/m0/s1. The van der Waals surface area contributed by atoms with Gasteiger partial charge < -0.3 is 5.32 Å². The molecule has 70 valence electrons. The van der Waals surface area contributed by atoms with Gasteiger partial charge in [-0.25, -0.2) is 0 Å². The van der Waals surface area contributed by atoms with Crippen LogP contribution in [0.4, 0.5) is 5.69 Å². The molecule has 2 heteroatoms. The molecule has 2 rings (SSSR count). The fourth-order valence-electron chi connectivity index (χ4n) is 1.76. The van der Waals surface area contributed by atoms with E-state index >= 15 is 0 Å². The van der Waals surface area contributed by atoms with Gasteiger partial charge in [-0.1, -0.05) is 13.3 Å². The van der Waals surface area contributed by atoms with Crippen molar-refractivity contribution >= 4 is 5.69 Å². The van der Waals surface area contributed by atoms with Crippen molar-refractivity contribution in [1.29, 1.82) is 0 Å². The maximum absolute atomic E-state index is 4.06. The van der Waals surface area contributed by atoms with Crippen LogP contribution in [0.15, 0.2) is 24.5 Å². The van der Waals surface area contributed by atoms with Gasteiger partial charge in [-0.15, -0.1) is 0 Å². The third kappa shape index (κ3) is 2.00. The molecule has 1 aromatic rings.